The summed E-state index contributed by atoms with van der Waals surface area (Å²) < 4.78 is 5.13. The van der Waals surface area contributed by atoms with E-state index in [1.54, 1.807) is 13.8 Å². The Labute approximate surface area is 106 Å². The van der Waals surface area contributed by atoms with Crippen molar-refractivity contribution in [2.75, 3.05) is 0 Å². The van der Waals surface area contributed by atoms with E-state index in [0.29, 0.717) is 6.54 Å². The van der Waals surface area contributed by atoms with E-state index >= 15 is 0 Å². The van der Waals surface area contributed by atoms with Gasteiger partial charge in [-0.25, -0.2) is 0 Å². The molecule has 4 heteroatoms. The molecule has 4 nitrogen and oxygen atoms in total. The Morgan fingerprint density at radius 1 is 1.39 bits per heavy atom. The molecule has 0 bridgehead atoms. The highest BCUT2D eigenvalue weighted by atomic mass is 16.6. The number of rotatable bonds is 3. The van der Waals surface area contributed by atoms with Crippen molar-refractivity contribution in [3.05, 3.63) is 35.9 Å². The van der Waals surface area contributed by atoms with E-state index in [0.717, 1.165) is 5.56 Å². The Hall–Kier alpha value is -1.84. The fourth-order valence-corrected chi connectivity index (χ4v) is 2.14. The minimum atomic E-state index is -0.710. The number of ether oxygens (including phenoxy) is 1. The number of hydrogen-bond acceptors (Lipinski definition) is 3. The minimum Gasteiger partial charge on any atom is -0.459 e. The van der Waals surface area contributed by atoms with Crippen LogP contribution in [0.2, 0.25) is 0 Å². The molecular formula is C14H17NO3. The number of nitrogens with one attached hydrogen (secondary N) is 1. The van der Waals surface area contributed by atoms with E-state index in [-0.39, 0.29) is 18.3 Å². The molecule has 0 saturated carbocycles. The summed E-state index contributed by atoms with van der Waals surface area (Å²) in [6.07, 6.45) is 0.160. The fourth-order valence-electron chi connectivity index (χ4n) is 2.14. The third-order valence-electron chi connectivity index (χ3n) is 3.21. The van der Waals surface area contributed by atoms with Crippen LogP contribution in [0, 0.1) is 5.92 Å². The van der Waals surface area contributed by atoms with Crippen molar-refractivity contribution >= 4 is 11.9 Å². The molecule has 1 fully saturated rings. The molecular weight excluding hydrogens is 230 g/mol. The molecule has 1 aromatic carbocycles. The highest BCUT2D eigenvalue weighted by Crippen LogP contribution is 2.32. The first-order valence-electron chi connectivity index (χ1n) is 6.02. The van der Waals surface area contributed by atoms with Gasteiger partial charge in [-0.05, 0) is 19.4 Å². The summed E-state index contributed by atoms with van der Waals surface area (Å²) in [6, 6.07) is 9.67. The highest BCUT2D eigenvalue weighted by molar-refractivity contribution is 5.87. The lowest BCUT2D eigenvalue weighted by Crippen LogP contribution is -2.40. The topological polar surface area (TPSA) is 55.4 Å². The number of carbonyl (C=O) groups is 2. The van der Waals surface area contributed by atoms with Gasteiger partial charge in [-0.1, -0.05) is 30.3 Å². The van der Waals surface area contributed by atoms with Crippen molar-refractivity contribution in [1.82, 2.24) is 5.32 Å². The molecule has 18 heavy (non-hydrogen) atoms. The molecule has 1 aliphatic heterocycles. The number of benzene rings is 1. The van der Waals surface area contributed by atoms with Gasteiger partial charge >= 0.3 is 5.97 Å². The van der Waals surface area contributed by atoms with Crippen LogP contribution in [-0.2, 0) is 20.9 Å². The number of hydrogen-bond donors (Lipinski definition) is 1. The predicted octanol–water partition coefficient (Wildman–Crippen LogP) is 1.64. The van der Waals surface area contributed by atoms with E-state index in [1.807, 2.05) is 30.3 Å². The summed E-state index contributed by atoms with van der Waals surface area (Å²) in [4.78, 5) is 23.3. The van der Waals surface area contributed by atoms with Crippen molar-refractivity contribution in [3.63, 3.8) is 0 Å². The van der Waals surface area contributed by atoms with E-state index in [9.17, 15) is 9.59 Å². The van der Waals surface area contributed by atoms with Gasteiger partial charge in [-0.3, -0.25) is 9.59 Å². The van der Waals surface area contributed by atoms with Crippen molar-refractivity contribution in [3.8, 4) is 0 Å². The zero-order valence-corrected chi connectivity index (χ0v) is 10.6. The first-order valence-corrected chi connectivity index (χ1v) is 6.02. The molecule has 1 heterocycles. The average Bonchev–Trinajstić information content (AvgIpc) is 2.61. The number of amides is 1. The summed E-state index contributed by atoms with van der Waals surface area (Å²) in [6.45, 7) is 4.01. The molecule has 0 unspecified atom stereocenters. The van der Waals surface area contributed by atoms with Gasteiger partial charge in [-0.2, -0.15) is 0 Å². The fraction of sp³-hybridized carbons (Fsp3) is 0.429. The lowest BCUT2D eigenvalue weighted by atomic mass is 9.90. The molecule has 1 aliphatic rings. The Morgan fingerprint density at radius 3 is 2.61 bits per heavy atom. The third kappa shape index (κ3) is 2.70. The van der Waals surface area contributed by atoms with Gasteiger partial charge in [0.05, 0.1) is 12.3 Å². The van der Waals surface area contributed by atoms with E-state index in [2.05, 4.69) is 5.32 Å². The van der Waals surface area contributed by atoms with Crippen LogP contribution >= 0.6 is 0 Å². The van der Waals surface area contributed by atoms with Crippen molar-refractivity contribution in [2.24, 2.45) is 5.92 Å². The molecule has 0 aliphatic carbocycles. The predicted molar refractivity (Wildman–Crippen MR) is 66.6 cm³/mol. The Balaban J connectivity index is 1.95. The minimum absolute atomic E-state index is 0.130. The summed E-state index contributed by atoms with van der Waals surface area (Å²) in [5.74, 6) is -0.844. The van der Waals surface area contributed by atoms with Crippen LogP contribution in [0.4, 0.5) is 0 Å². The standard InChI is InChI=1S/C14H17NO3/c1-14(2)11(8-12(16)18-14)13(17)15-9-10-6-4-3-5-7-10/h3-7,11H,8-9H2,1-2H3,(H,15,17)/t11-/m0/s1. The lowest BCUT2D eigenvalue weighted by Gasteiger charge is -2.23. The number of cyclic esters (lactones) is 1. The van der Waals surface area contributed by atoms with Crippen LogP contribution in [0.3, 0.4) is 0 Å². The molecule has 1 N–H and O–H groups in total. The van der Waals surface area contributed by atoms with Crippen LogP contribution in [0.5, 0.6) is 0 Å². The normalized spacial score (nSPS) is 21.4. The van der Waals surface area contributed by atoms with Crippen LogP contribution in [0.25, 0.3) is 0 Å². The smallest absolute Gasteiger partial charge is 0.307 e. The van der Waals surface area contributed by atoms with Gasteiger partial charge in [-0.15, -0.1) is 0 Å². The monoisotopic (exact) mass is 247 g/mol. The van der Waals surface area contributed by atoms with E-state index in [1.165, 1.54) is 0 Å². The largest absolute Gasteiger partial charge is 0.459 e. The van der Waals surface area contributed by atoms with Crippen LogP contribution in [-0.4, -0.2) is 17.5 Å². The van der Waals surface area contributed by atoms with Crippen LogP contribution in [0.15, 0.2) is 30.3 Å². The first-order chi connectivity index (χ1) is 8.49. The summed E-state index contributed by atoms with van der Waals surface area (Å²) in [7, 11) is 0. The average molecular weight is 247 g/mol. The molecule has 0 radical (unpaired) electrons. The van der Waals surface area contributed by atoms with Gasteiger partial charge in [0.15, 0.2) is 0 Å². The molecule has 2 rings (SSSR count). The molecule has 0 aromatic heterocycles. The molecule has 1 amide bonds. The van der Waals surface area contributed by atoms with Crippen LogP contribution < -0.4 is 5.32 Å². The number of carbonyl (C=O) groups excluding carboxylic acids is 2. The van der Waals surface area contributed by atoms with Crippen molar-refractivity contribution < 1.29 is 14.3 Å². The molecule has 0 spiro atoms. The van der Waals surface area contributed by atoms with Gasteiger partial charge in [0.2, 0.25) is 5.91 Å². The quantitative estimate of drug-likeness (QED) is 0.826. The number of esters is 1. The SMILES string of the molecule is CC1(C)OC(=O)C[C@H]1C(=O)NCc1ccccc1. The highest BCUT2D eigenvalue weighted by Gasteiger charge is 2.45. The molecule has 96 valence electrons. The van der Waals surface area contributed by atoms with E-state index < -0.39 is 11.5 Å². The Bertz CT molecular complexity index is 453. The van der Waals surface area contributed by atoms with Gasteiger partial charge in [0.1, 0.15) is 5.60 Å². The van der Waals surface area contributed by atoms with Crippen LogP contribution in [0.1, 0.15) is 25.8 Å². The maximum Gasteiger partial charge on any atom is 0.307 e. The molecule has 1 aromatic rings. The van der Waals surface area contributed by atoms with Gasteiger partial charge in [0, 0.05) is 6.54 Å². The Morgan fingerprint density at radius 2 is 2.06 bits per heavy atom. The Kier molecular flexibility index (Phi) is 3.36. The second kappa shape index (κ2) is 4.80. The molecule has 1 atom stereocenters. The zero-order valence-electron chi connectivity index (χ0n) is 10.6. The molecule has 1 saturated heterocycles. The third-order valence-corrected chi connectivity index (χ3v) is 3.21. The van der Waals surface area contributed by atoms with Crippen molar-refractivity contribution in [2.45, 2.75) is 32.4 Å². The first kappa shape index (κ1) is 12.6. The van der Waals surface area contributed by atoms with E-state index in [4.69, 9.17) is 4.74 Å². The maximum absolute atomic E-state index is 12.0. The lowest BCUT2D eigenvalue weighted by molar-refractivity contribution is -0.147. The maximum atomic E-state index is 12.0. The van der Waals surface area contributed by atoms with Gasteiger partial charge in [0.25, 0.3) is 0 Å². The summed E-state index contributed by atoms with van der Waals surface area (Å²) >= 11 is 0. The second-order valence-electron chi connectivity index (χ2n) is 5.04. The summed E-state index contributed by atoms with van der Waals surface area (Å²) in [5.41, 5.74) is 0.326. The van der Waals surface area contributed by atoms with Gasteiger partial charge < -0.3 is 10.1 Å². The summed E-state index contributed by atoms with van der Waals surface area (Å²) in [5, 5.41) is 2.85. The zero-order chi connectivity index (χ0) is 13.2. The second-order valence-corrected chi connectivity index (χ2v) is 5.04. The van der Waals surface area contributed by atoms with Crippen molar-refractivity contribution in [1.29, 1.82) is 0 Å².